The Bertz CT molecular complexity index is 457. The zero-order valence-electron chi connectivity index (χ0n) is 10.1. The van der Waals surface area contributed by atoms with Crippen molar-refractivity contribution in [1.29, 1.82) is 0 Å². The van der Waals surface area contributed by atoms with E-state index in [4.69, 9.17) is 9.84 Å². The topological polar surface area (TPSA) is 66.8 Å². The summed E-state index contributed by atoms with van der Waals surface area (Å²) >= 11 is 1.45. The Hall–Kier alpha value is -1.40. The van der Waals surface area contributed by atoms with Crippen molar-refractivity contribution < 1.29 is 19.4 Å². The van der Waals surface area contributed by atoms with Gasteiger partial charge in [-0.05, 0) is 24.3 Å². The number of carbonyl (C=O) groups is 2. The Kier molecular flexibility index (Phi) is 3.98. The van der Waals surface area contributed by atoms with Crippen LogP contribution in [0.2, 0.25) is 0 Å². The third-order valence-electron chi connectivity index (χ3n) is 3.05. The smallest absolute Gasteiger partial charge is 0.326 e. The average Bonchev–Trinajstić information content (AvgIpc) is 2.96. The van der Waals surface area contributed by atoms with Crippen molar-refractivity contribution in [2.45, 2.75) is 25.5 Å². The van der Waals surface area contributed by atoms with Crippen LogP contribution in [-0.4, -0.2) is 41.6 Å². The number of methoxy groups -OCH3 is 1. The van der Waals surface area contributed by atoms with E-state index < -0.39 is 12.0 Å². The number of ether oxygens (including phenoxy) is 1. The minimum Gasteiger partial charge on any atom is -0.480 e. The van der Waals surface area contributed by atoms with Gasteiger partial charge in [0.25, 0.3) is 5.91 Å². The van der Waals surface area contributed by atoms with Gasteiger partial charge < -0.3 is 14.7 Å². The highest BCUT2D eigenvalue weighted by Gasteiger charge is 2.35. The highest BCUT2D eigenvalue weighted by molar-refractivity contribution is 7.10. The Balaban J connectivity index is 2.20. The van der Waals surface area contributed by atoms with E-state index in [-0.39, 0.29) is 5.91 Å². The van der Waals surface area contributed by atoms with Crippen LogP contribution >= 0.6 is 11.3 Å². The molecule has 6 heteroatoms. The molecule has 1 aliphatic heterocycles. The van der Waals surface area contributed by atoms with Crippen LogP contribution in [0.5, 0.6) is 0 Å². The lowest BCUT2D eigenvalue weighted by atomic mass is 10.2. The molecule has 1 aromatic heterocycles. The quantitative estimate of drug-likeness (QED) is 0.901. The molecule has 0 aliphatic carbocycles. The largest absolute Gasteiger partial charge is 0.480 e. The lowest BCUT2D eigenvalue weighted by molar-refractivity contribution is -0.141. The summed E-state index contributed by atoms with van der Waals surface area (Å²) in [5.74, 6) is -1.13. The molecule has 1 saturated heterocycles. The van der Waals surface area contributed by atoms with Gasteiger partial charge in [-0.3, -0.25) is 4.79 Å². The fourth-order valence-electron chi connectivity index (χ4n) is 2.20. The van der Waals surface area contributed by atoms with E-state index in [0.717, 1.165) is 11.3 Å². The number of rotatable bonds is 4. The molecule has 1 aromatic rings. The summed E-state index contributed by atoms with van der Waals surface area (Å²) in [7, 11) is 1.57. The standard InChI is InChI=1S/C12H15NO4S/c1-17-7-10-8(4-6-18-10)11(14)13-5-2-3-9(13)12(15)16/h4,6,9H,2-3,5,7H2,1H3,(H,15,16). The number of hydrogen-bond acceptors (Lipinski definition) is 4. The summed E-state index contributed by atoms with van der Waals surface area (Å²) in [5, 5.41) is 10.9. The monoisotopic (exact) mass is 269 g/mol. The number of nitrogens with zero attached hydrogens (tertiary/aromatic N) is 1. The molecular formula is C12H15NO4S. The summed E-state index contributed by atoms with van der Waals surface area (Å²) in [5.41, 5.74) is 0.565. The molecular weight excluding hydrogens is 254 g/mol. The second kappa shape index (κ2) is 5.49. The van der Waals surface area contributed by atoms with E-state index in [0.29, 0.717) is 25.1 Å². The van der Waals surface area contributed by atoms with Crippen molar-refractivity contribution >= 4 is 23.2 Å². The molecule has 5 nitrogen and oxygen atoms in total. The number of carboxylic acid groups (broad SMARTS) is 1. The highest BCUT2D eigenvalue weighted by Crippen LogP contribution is 2.24. The van der Waals surface area contributed by atoms with E-state index in [1.165, 1.54) is 16.2 Å². The molecule has 0 saturated carbocycles. The Morgan fingerprint density at radius 2 is 2.39 bits per heavy atom. The predicted octanol–water partition coefficient (Wildman–Crippen LogP) is 1.58. The first-order chi connectivity index (χ1) is 8.65. The van der Waals surface area contributed by atoms with Crippen molar-refractivity contribution in [3.8, 4) is 0 Å². The number of hydrogen-bond donors (Lipinski definition) is 1. The third-order valence-corrected chi connectivity index (χ3v) is 3.94. The SMILES string of the molecule is COCc1sccc1C(=O)N1CCCC1C(=O)O. The van der Waals surface area contributed by atoms with Gasteiger partial charge in [-0.25, -0.2) is 4.79 Å². The number of carboxylic acids is 1. The second-order valence-corrected chi connectivity index (χ2v) is 5.19. The maximum absolute atomic E-state index is 12.3. The molecule has 0 spiro atoms. The first-order valence-corrected chi connectivity index (χ1v) is 6.62. The van der Waals surface area contributed by atoms with E-state index >= 15 is 0 Å². The van der Waals surface area contributed by atoms with Crippen molar-refractivity contribution in [3.63, 3.8) is 0 Å². The second-order valence-electron chi connectivity index (χ2n) is 4.19. The normalized spacial score (nSPS) is 19.2. The lowest BCUT2D eigenvalue weighted by Gasteiger charge is -2.21. The fourth-order valence-corrected chi connectivity index (χ4v) is 3.03. The molecule has 1 aliphatic rings. The van der Waals surface area contributed by atoms with Gasteiger partial charge >= 0.3 is 5.97 Å². The van der Waals surface area contributed by atoms with Crippen LogP contribution < -0.4 is 0 Å². The van der Waals surface area contributed by atoms with Crippen LogP contribution in [0.25, 0.3) is 0 Å². The molecule has 0 radical (unpaired) electrons. The van der Waals surface area contributed by atoms with E-state index in [1.807, 2.05) is 5.38 Å². The number of amides is 1. The molecule has 1 unspecified atom stereocenters. The summed E-state index contributed by atoms with van der Waals surface area (Å²) < 4.78 is 5.04. The van der Waals surface area contributed by atoms with Gasteiger partial charge in [-0.2, -0.15) is 0 Å². The maximum atomic E-state index is 12.3. The molecule has 18 heavy (non-hydrogen) atoms. The summed E-state index contributed by atoms with van der Waals surface area (Å²) in [6, 6.07) is 1.05. The third kappa shape index (κ3) is 2.39. The van der Waals surface area contributed by atoms with E-state index in [1.54, 1.807) is 13.2 Å². The summed E-state index contributed by atoms with van der Waals surface area (Å²) in [6.45, 7) is 0.891. The van der Waals surface area contributed by atoms with Gasteiger partial charge in [-0.1, -0.05) is 0 Å². The fraction of sp³-hybridized carbons (Fsp3) is 0.500. The van der Waals surface area contributed by atoms with Crippen LogP contribution in [0.1, 0.15) is 28.1 Å². The van der Waals surface area contributed by atoms with Gasteiger partial charge in [0.1, 0.15) is 6.04 Å². The number of thiophene rings is 1. The van der Waals surface area contributed by atoms with Crippen LogP contribution in [0.3, 0.4) is 0 Å². The van der Waals surface area contributed by atoms with Crippen molar-refractivity contribution in [1.82, 2.24) is 4.90 Å². The minimum absolute atomic E-state index is 0.201. The van der Waals surface area contributed by atoms with Gasteiger partial charge in [0, 0.05) is 18.5 Å². The minimum atomic E-state index is -0.927. The zero-order chi connectivity index (χ0) is 13.1. The first-order valence-electron chi connectivity index (χ1n) is 5.74. The van der Waals surface area contributed by atoms with Gasteiger partial charge in [-0.15, -0.1) is 11.3 Å². The molecule has 1 atom stereocenters. The molecule has 0 aromatic carbocycles. The maximum Gasteiger partial charge on any atom is 0.326 e. The summed E-state index contributed by atoms with van der Waals surface area (Å²) in [6.07, 6.45) is 1.28. The van der Waals surface area contributed by atoms with Crippen molar-refractivity contribution in [2.75, 3.05) is 13.7 Å². The van der Waals surface area contributed by atoms with Gasteiger partial charge in [0.15, 0.2) is 0 Å². The molecule has 0 bridgehead atoms. The van der Waals surface area contributed by atoms with Crippen molar-refractivity contribution in [2.24, 2.45) is 0 Å². The van der Waals surface area contributed by atoms with E-state index in [9.17, 15) is 9.59 Å². The highest BCUT2D eigenvalue weighted by atomic mass is 32.1. The number of likely N-dealkylation sites (tertiary alicyclic amines) is 1. The molecule has 2 heterocycles. The Morgan fingerprint density at radius 3 is 3.06 bits per heavy atom. The van der Waals surface area contributed by atoms with Crippen LogP contribution in [0.4, 0.5) is 0 Å². The number of aliphatic carboxylic acids is 1. The first kappa shape index (κ1) is 13.0. The van der Waals surface area contributed by atoms with Crippen LogP contribution in [-0.2, 0) is 16.1 Å². The van der Waals surface area contributed by atoms with Crippen LogP contribution in [0, 0.1) is 0 Å². The van der Waals surface area contributed by atoms with Crippen LogP contribution in [0.15, 0.2) is 11.4 Å². The van der Waals surface area contributed by atoms with Gasteiger partial charge in [0.05, 0.1) is 12.2 Å². The molecule has 98 valence electrons. The average molecular weight is 269 g/mol. The lowest BCUT2D eigenvalue weighted by Crippen LogP contribution is -2.40. The molecule has 1 amide bonds. The Labute approximate surface area is 109 Å². The zero-order valence-corrected chi connectivity index (χ0v) is 10.9. The van der Waals surface area contributed by atoms with Crippen molar-refractivity contribution in [3.05, 3.63) is 21.9 Å². The molecule has 1 fully saturated rings. The Morgan fingerprint density at radius 1 is 1.61 bits per heavy atom. The van der Waals surface area contributed by atoms with Gasteiger partial charge in [0.2, 0.25) is 0 Å². The molecule has 2 rings (SSSR count). The number of carbonyl (C=O) groups excluding carboxylic acids is 1. The van der Waals surface area contributed by atoms with E-state index in [2.05, 4.69) is 0 Å². The summed E-state index contributed by atoms with van der Waals surface area (Å²) in [4.78, 5) is 25.7. The molecule has 1 N–H and O–H groups in total. The predicted molar refractivity (Wildman–Crippen MR) is 66.7 cm³/mol.